The van der Waals surface area contributed by atoms with Gasteiger partial charge in [0.15, 0.2) is 0 Å². The average Bonchev–Trinajstić information content (AvgIpc) is 2.60. The highest BCUT2D eigenvalue weighted by atomic mass is 127. The molecule has 2 N–H and O–H groups in total. The zero-order valence-electron chi connectivity index (χ0n) is 15.2. The molecule has 0 aromatic heterocycles. The summed E-state index contributed by atoms with van der Waals surface area (Å²) in [6, 6.07) is 6.68. The number of aromatic hydroxyl groups is 1. The molecule has 3 rings (SSSR count). The molecule has 1 fully saturated rings. The molecule has 0 aliphatic carbocycles. The van der Waals surface area contributed by atoms with E-state index in [2.05, 4.69) is 5.32 Å². The van der Waals surface area contributed by atoms with Gasteiger partial charge in [0, 0.05) is 6.07 Å². The molecule has 29 heavy (non-hydrogen) atoms. The maximum absolute atomic E-state index is 12.9. The van der Waals surface area contributed by atoms with Gasteiger partial charge in [-0.05, 0) is 77.4 Å². The van der Waals surface area contributed by atoms with Gasteiger partial charge in [0.1, 0.15) is 5.57 Å². The summed E-state index contributed by atoms with van der Waals surface area (Å²) < 4.78 is 0.176. The van der Waals surface area contributed by atoms with Crippen LogP contribution in [0.25, 0.3) is 6.08 Å². The van der Waals surface area contributed by atoms with Crippen LogP contribution in [0.1, 0.15) is 16.7 Å². The first kappa shape index (κ1) is 20.5. The number of phenols is 1. The number of carbonyl (C=O) groups is 3. The Hall–Kier alpha value is -3.28. The Morgan fingerprint density at radius 1 is 1.10 bits per heavy atom. The van der Waals surface area contributed by atoms with Crippen molar-refractivity contribution in [2.45, 2.75) is 13.8 Å². The molecule has 148 valence electrons. The number of hydrogen-bond donors (Lipinski definition) is 2. The van der Waals surface area contributed by atoms with Crippen LogP contribution < -0.4 is 10.2 Å². The van der Waals surface area contributed by atoms with Crippen LogP contribution in [0.4, 0.5) is 16.2 Å². The second kappa shape index (κ2) is 7.62. The number of carbonyl (C=O) groups excluding carboxylic acids is 3. The monoisotopic (exact) mass is 507 g/mol. The van der Waals surface area contributed by atoms with Crippen molar-refractivity contribution < 1.29 is 24.4 Å². The Labute approximate surface area is 178 Å². The number of nitrogens with one attached hydrogen (secondary N) is 1. The Balaban J connectivity index is 2.10. The number of imide groups is 2. The number of rotatable bonds is 3. The van der Waals surface area contributed by atoms with Crippen LogP contribution in [0, 0.1) is 27.5 Å². The van der Waals surface area contributed by atoms with E-state index in [1.54, 1.807) is 34.7 Å². The Kier molecular flexibility index (Phi) is 5.38. The summed E-state index contributed by atoms with van der Waals surface area (Å²) in [5, 5.41) is 23.0. The van der Waals surface area contributed by atoms with Crippen molar-refractivity contribution in [3.8, 4) is 5.75 Å². The van der Waals surface area contributed by atoms with Gasteiger partial charge in [0.2, 0.25) is 5.75 Å². The summed E-state index contributed by atoms with van der Waals surface area (Å²) in [4.78, 5) is 48.7. The minimum atomic E-state index is -0.911. The van der Waals surface area contributed by atoms with Gasteiger partial charge in [-0.2, -0.15) is 0 Å². The molecule has 2 aromatic rings. The maximum Gasteiger partial charge on any atom is 0.335 e. The predicted molar refractivity (Wildman–Crippen MR) is 112 cm³/mol. The van der Waals surface area contributed by atoms with E-state index in [1.165, 1.54) is 6.07 Å². The Morgan fingerprint density at radius 3 is 2.31 bits per heavy atom. The van der Waals surface area contributed by atoms with Crippen molar-refractivity contribution in [2.24, 2.45) is 0 Å². The molecule has 2 aromatic carbocycles. The zero-order valence-corrected chi connectivity index (χ0v) is 17.4. The van der Waals surface area contributed by atoms with E-state index in [0.29, 0.717) is 5.69 Å². The largest absolute Gasteiger partial charge is 0.501 e. The molecule has 1 aliphatic heterocycles. The minimum absolute atomic E-state index is 0.159. The van der Waals surface area contributed by atoms with Crippen LogP contribution in [0.5, 0.6) is 5.75 Å². The molecule has 9 nitrogen and oxygen atoms in total. The van der Waals surface area contributed by atoms with E-state index in [9.17, 15) is 29.6 Å². The second-order valence-corrected chi connectivity index (χ2v) is 7.59. The van der Waals surface area contributed by atoms with Crippen molar-refractivity contribution in [3.63, 3.8) is 0 Å². The number of barbiturate groups is 1. The molecule has 10 heteroatoms. The second-order valence-electron chi connectivity index (χ2n) is 6.43. The highest BCUT2D eigenvalue weighted by Gasteiger charge is 2.37. The Bertz CT molecular complexity index is 1100. The van der Waals surface area contributed by atoms with Gasteiger partial charge in [-0.3, -0.25) is 25.0 Å². The summed E-state index contributed by atoms with van der Waals surface area (Å²) >= 11 is 1.70. The molecule has 1 heterocycles. The smallest absolute Gasteiger partial charge is 0.335 e. The molecule has 0 bridgehead atoms. The van der Waals surface area contributed by atoms with Crippen LogP contribution in [-0.4, -0.2) is 27.9 Å². The van der Waals surface area contributed by atoms with Gasteiger partial charge >= 0.3 is 11.7 Å². The topological polar surface area (TPSA) is 130 Å². The molecule has 1 aliphatic rings. The summed E-state index contributed by atoms with van der Waals surface area (Å²) in [5.74, 6) is -2.27. The van der Waals surface area contributed by atoms with Crippen molar-refractivity contribution >= 4 is 57.9 Å². The molecule has 0 atom stereocenters. The van der Waals surface area contributed by atoms with Gasteiger partial charge in [-0.15, -0.1) is 0 Å². The summed E-state index contributed by atoms with van der Waals surface area (Å²) in [6.45, 7) is 3.62. The lowest BCUT2D eigenvalue weighted by Crippen LogP contribution is -2.54. The van der Waals surface area contributed by atoms with E-state index >= 15 is 0 Å². The third-order valence-electron chi connectivity index (χ3n) is 4.14. The molecular weight excluding hydrogens is 493 g/mol. The third kappa shape index (κ3) is 3.97. The molecule has 0 saturated carbocycles. The van der Waals surface area contributed by atoms with Gasteiger partial charge in [-0.1, -0.05) is 6.07 Å². The zero-order chi connectivity index (χ0) is 21.5. The minimum Gasteiger partial charge on any atom is -0.501 e. The van der Waals surface area contributed by atoms with E-state index in [1.807, 2.05) is 19.9 Å². The first-order valence-electron chi connectivity index (χ1n) is 8.25. The normalized spacial score (nSPS) is 15.6. The van der Waals surface area contributed by atoms with Crippen LogP contribution in [0.15, 0.2) is 35.9 Å². The van der Waals surface area contributed by atoms with E-state index in [-0.39, 0.29) is 14.7 Å². The van der Waals surface area contributed by atoms with Gasteiger partial charge < -0.3 is 5.11 Å². The van der Waals surface area contributed by atoms with Gasteiger partial charge in [0.25, 0.3) is 11.8 Å². The fourth-order valence-corrected chi connectivity index (χ4v) is 3.60. The quantitative estimate of drug-likeness (QED) is 0.216. The number of halogens is 1. The van der Waals surface area contributed by atoms with E-state index in [0.717, 1.165) is 28.2 Å². The number of amides is 4. The lowest BCUT2D eigenvalue weighted by atomic mass is 10.0. The van der Waals surface area contributed by atoms with Crippen LogP contribution in [0.3, 0.4) is 0 Å². The molecule has 4 amide bonds. The number of benzene rings is 2. The van der Waals surface area contributed by atoms with Crippen molar-refractivity contribution in [1.29, 1.82) is 0 Å². The molecule has 0 spiro atoms. The summed E-state index contributed by atoms with van der Waals surface area (Å²) in [5.41, 5.74) is 1.19. The van der Waals surface area contributed by atoms with Crippen LogP contribution in [0.2, 0.25) is 0 Å². The summed E-state index contributed by atoms with van der Waals surface area (Å²) in [6.07, 6.45) is 1.15. The van der Waals surface area contributed by atoms with E-state index in [4.69, 9.17) is 0 Å². The number of urea groups is 1. The van der Waals surface area contributed by atoms with Crippen molar-refractivity contribution in [1.82, 2.24) is 5.32 Å². The molecule has 1 saturated heterocycles. The van der Waals surface area contributed by atoms with Crippen LogP contribution >= 0.6 is 22.6 Å². The number of anilines is 1. The van der Waals surface area contributed by atoms with Gasteiger partial charge in [0.05, 0.1) is 14.2 Å². The number of nitro benzene ring substituents is 1. The fourth-order valence-electron chi connectivity index (χ4n) is 2.97. The average molecular weight is 507 g/mol. The first-order valence-corrected chi connectivity index (χ1v) is 9.33. The first-order chi connectivity index (χ1) is 13.6. The fraction of sp³-hybridized carbons (Fsp3) is 0.105. The lowest BCUT2D eigenvalue weighted by molar-refractivity contribution is -0.386. The summed E-state index contributed by atoms with van der Waals surface area (Å²) in [7, 11) is 0. The number of nitro groups is 1. The standard InChI is InChI=1S/C19H14IN3O6/c1-9-3-10(2)5-12(4-9)22-18(26)13(17(25)21-19(22)27)6-11-7-14(20)16(24)15(8-11)23(28)29/h3-8,24H,1-2H3,(H,21,25,27)/b13-6+. The molecule has 0 unspecified atom stereocenters. The lowest BCUT2D eigenvalue weighted by Gasteiger charge is -2.27. The number of hydrogen-bond acceptors (Lipinski definition) is 6. The van der Waals surface area contributed by atoms with Crippen molar-refractivity contribution in [2.75, 3.05) is 4.90 Å². The third-order valence-corrected chi connectivity index (χ3v) is 4.96. The highest BCUT2D eigenvalue weighted by Crippen LogP contribution is 2.33. The Morgan fingerprint density at radius 2 is 1.72 bits per heavy atom. The molecular formula is C19H14IN3O6. The number of aryl methyl sites for hydroxylation is 2. The maximum atomic E-state index is 12.9. The molecule has 0 radical (unpaired) electrons. The number of phenolic OH excluding ortho intramolecular Hbond substituents is 1. The van der Waals surface area contributed by atoms with Crippen molar-refractivity contribution in [3.05, 3.63) is 66.3 Å². The van der Waals surface area contributed by atoms with E-state index < -0.39 is 34.2 Å². The highest BCUT2D eigenvalue weighted by molar-refractivity contribution is 14.1. The number of nitrogens with zero attached hydrogens (tertiary/aromatic N) is 2. The predicted octanol–water partition coefficient (Wildman–Crippen LogP) is 3.19. The van der Waals surface area contributed by atoms with Crippen LogP contribution in [-0.2, 0) is 9.59 Å². The SMILES string of the molecule is Cc1cc(C)cc(N2C(=O)NC(=O)/C(=C\c3cc(I)c(O)c([N+](=O)[O-])c3)C2=O)c1. The van der Waals surface area contributed by atoms with Gasteiger partial charge in [-0.25, -0.2) is 9.69 Å².